The number of ether oxygens (including phenoxy) is 1. The van der Waals surface area contributed by atoms with Crippen molar-refractivity contribution in [3.63, 3.8) is 0 Å². The van der Waals surface area contributed by atoms with Crippen molar-refractivity contribution in [3.8, 4) is 5.75 Å². The second-order valence-corrected chi connectivity index (χ2v) is 8.50. The van der Waals surface area contributed by atoms with Gasteiger partial charge in [0.15, 0.2) is 5.69 Å². The molecule has 8 nitrogen and oxygen atoms in total. The van der Waals surface area contributed by atoms with E-state index in [-0.39, 0.29) is 40.7 Å². The number of aromatic nitrogens is 1. The average Bonchev–Trinajstić information content (AvgIpc) is 2.78. The van der Waals surface area contributed by atoms with Crippen LogP contribution in [0.25, 0.3) is 0 Å². The van der Waals surface area contributed by atoms with Crippen LogP contribution in [-0.2, 0) is 4.79 Å². The molecule has 33 heavy (non-hydrogen) atoms. The molecule has 176 valence electrons. The minimum Gasteiger partial charge on any atom is -0.492 e. The number of rotatable bonds is 8. The zero-order chi connectivity index (χ0) is 24.1. The van der Waals surface area contributed by atoms with Crippen molar-refractivity contribution in [1.82, 2.24) is 9.88 Å². The van der Waals surface area contributed by atoms with Gasteiger partial charge in [-0.15, -0.1) is 0 Å². The van der Waals surface area contributed by atoms with Crippen molar-refractivity contribution in [2.24, 2.45) is 11.8 Å². The second kappa shape index (κ2) is 10.4. The number of benzene rings is 1. The molecule has 0 unspecified atom stereocenters. The lowest BCUT2D eigenvalue weighted by atomic mass is 9.97. The summed E-state index contributed by atoms with van der Waals surface area (Å²) in [5.41, 5.74) is 0.902. The summed E-state index contributed by atoms with van der Waals surface area (Å²) in [5.74, 6) is -1.10. The quantitative estimate of drug-likeness (QED) is 0.510. The standard InChI is InChI=1S/C24H29FN4O4/c1-14(2)22(26)21-20(33-13-16-8-10-29(11-9-16)15(3)30)12-19(24(31)32)28-23(21)27-18-6-4-17(25)5-7-18/h4-7,12,14,16,26H,8-11,13H2,1-3H3,(H,27,28)(H,31,32). The maximum atomic E-state index is 13.3. The highest BCUT2D eigenvalue weighted by Crippen LogP contribution is 2.32. The molecule has 3 N–H and O–H groups in total. The van der Waals surface area contributed by atoms with Crippen LogP contribution in [0.5, 0.6) is 5.75 Å². The Hall–Kier alpha value is -3.49. The fourth-order valence-corrected chi connectivity index (χ4v) is 3.68. The summed E-state index contributed by atoms with van der Waals surface area (Å²) in [6, 6.07) is 6.92. The van der Waals surface area contributed by atoms with Crippen LogP contribution in [0.2, 0.25) is 0 Å². The second-order valence-electron chi connectivity index (χ2n) is 8.50. The predicted molar refractivity (Wildman–Crippen MR) is 123 cm³/mol. The molecule has 1 fully saturated rings. The Kier molecular flexibility index (Phi) is 7.63. The summed E-state index contributed by atoms with van der Waals surface area (Å²) in [5, 5.41) is 21.2. The number of nitrogens with zero attached hydrogens (tertiary/aromatic N) is 2. The lowest BCUT2D eigenvalue weighted by molar-refractivity contribution is -0.130. The van der Waals surface area contributed by atoms with Crippen LogP contribution in [0.15, 0.2) is 30.3 Å². The van der Waals surface area contributed by atoms with Crippen LogP contribution >= 0.6 is 0 Å². The number of pyridine rings is 1. The van der Waals surface area contributed by atoms with E-state index in [2.05, 4.69) is 10.3 Å². The number of carbonyl (C=O) groups is 2. The number of piperidine rings is 1. The van der Waals surface area contributed by atoms with Gasteiger partial charge < -0.3 is 25.5 Å². The summed E-state index contributed by atoms with van der Waals surface area (Å²) in [6.07, 6.45) is 1.57. The minimum absolute atomic E-state index is 0.0544. The lowest BCUT2D eigenvalue weighted by Gasteiger charge is -2.31. The Balaban J connectivity index is 1.92. The molecule has 1 aromatic carbocycles. The predicted octanol–water partition coefficient (Wildman–Crippen LogP) is 4.32. The molecule has 0 aliphatic carbocycles. The van der Waals surface area contributed by atoms with Crippen LogP contribution in [0.3, 0.4) is 0 Å². The van der Waals surface area contributed by atoms with E-state index in [4.69, 9.17) is 10.1 Å². The number of hydrogen-bond acceptors (Lipinski definition) is 6. The minimum atomic E-state index is -1.22. The maximum absolute atomic E-state index is 13.3. The first-order valence-corrected chi connectivity index (χ1v) is 10.9. The first kappa shape index (κ1) is 24.2. The highest BCUT2D eigenvalue weighted by molar-refractivity contribution is 6.07. The van der Waals surface area contributed by atoms with Crippen molar-refractivity contribution in [2.75, 3.05) is 25.0 Å². The normalized spacial score (nSPS) is 14.3. The summed E-state index contributed by atoms with van der Waals surface area (Å²) >= 11 is 0. The molecule has 3 rings (SSSR count). The van der Waals surface area contributed by atoms with E-state index in [1.165, 1.54) is 30.3 Å². The summed E-state index contributed by atoms with van der Waals surface area (Å²) in [7, 11) is 0. The van der Waals surface area contributed by atoms with Gasteiger partial charge in [-0.2, -0.15) is 0 Å². The first-order chi connectivity index (χ1) is 15.7. The summed E-state index contributed by atoms with van der Waals surface area (Å²) < 4.78 is 19.4. The van der Waals surface area contributed by atoms with Crippen molar-refractivity contribution < 1.29 is 23.8 Å². The summed E-state index contributed by atoms with van der Waals surface area (Å²) in [6.45, 7) is 6.93. The Labute approximate surface area is 192 Å². The average molecular weight is 457 g/mol. The number of halogens is 1. The zero-order valence-corrected chi connectivity index (χ0v) is 19.0. The molecule has 1 aliphatic rings. The molecule has 1 amide bonds. The van der Waals surface area contributed by atoms with Crippen LogP contribution < -0.4 is 10.1 Å². The number of carbonyl (C=O) groups excluding carboxylic acids is 1. The van der Waals surface area contributed by atoms with E-state index in [0.717, 1.165) is 12.8 Å². The van der Waals surface area contributed by atoms with E-state index in [9.17, 15) is 19.1 Å². The number of amides is 1. The van der Waals surface area contributed by atoms with E-state index < -0.39 is 11.8 Å². The molecule has 0 radical (unpaired) electrons. The van der Waals surface area contributed by atoms with E-state index >= 15 is 0 Å². The van der Waals surface area contributed by atoms with E-state index in [0.29, 0.717) is 30.9 Å². The van der Waals surface area contributed by atoms with Gasteiger partial charge in [0.1, 0.15) is 17.4 Å². The largest absolute Gasteiger partial charge is 0.492 e. The van der Waals surface area contributed by atoms with Crippen LogP contribution in [-0.4, -0.2) is 52.3 Å². The molecule has 0 atom stereocenters. The van der Waals surface area contributed by atoms with Crippen LogP contribution in [0, 0.1) is 23.1 Å². The molecule has 1 aromatic heterocycles. The smallest absolute Gasteiger partial charge is 0.354 e. The Bertz CT molecular complexity index is 1030. The number of carboxylic acid groups (broad SMARTS) is 1. The molecule has 0 bridgehead atoms. The Morgan fingerprint density at radius 2 is 1.91 bits per heavy atom. The van der Waals surface area contributed by atoms with Gasteiger partial charge in [0, 0.05) is 37.5 Å². The molecule has 9 heteroatoms. The number of nitrogens with one attached hydrogen (secondary N) is 2. The van der Waals surface area contributed by atoms with E-state index in [1.54, 1.807) is 11.8 Å². The molecule has 1 aliphatic heterocycles. The van der Waals surface area contributed by atoms with E-state index in [1.807, 2.05) is 13.8 Å². The van der Waals surface area contributed by atoms with Gasteiger partial charge in [0.05, 0.1) is 12.2 Å². The zero-order valence-electron chi connectivity index (χ0n) is 19.0. The third kappa shape index (κ3) is 6.06. The fourth-order valence-electron chi connectivity index (χ4n) is 3.68. The lowest BCUT2D eigenvalue weighted by Crippen LogP contribution is -2.38. The van der Waals surface area contributed by atoms with Crippen molar-refractivity contribution in [3.05, 3.63) is 47.4 Å². The molecular weight excluding hydrogens is 427 g/mol. The van der Waals surface area contributed by atoms with Gasteiger partial charge in [-0.25, -0.2) is 14.2 Å². The van der Waals surface area contributed by atoms with Gasteiger partial charge >= 0.3 is 5.97 Å². The molecular formula is C24H29FN4O4. The number of carboxylic acids is 1. The van der Waals surface area contributed by atoms with Crippen LogP contribution in [0.1, 0.15) is 49.7 Å². The van der Waals surface area contributed by atoms with Crippen LogP contribution in [0.4, 0.5) is 15.9 Å². The van der Waals surface area contributed by atoms with Crippen molar-refractivity contribution >= 4 is 29.1 Å². The molecule has 0 saturated carbocycles. The Morgan fingerprint density at radius 3 is 2.45 bits per heavy atom. The van der Waals surface area contributed by atoms with Gasteiger partial charge in [0.25, 0.3) is 0 Å². The van der Waals surface area contributed by atoms with Gasteiger partial charge in [-0.1, -0.05) is 13.8 Å². The third-order valence-electron chi connectivity index (χ3n) is 5.69. The number of likely N-dealkylation sites (tertiary alicyclic amines) is 1. The molecule has 1 saturated heterocycles. The maximum Gasteiger partial charge on any atom is 0.354 e. The molecule has 2 aromatic rings. The van der Waals surface area contributed by atoms with Gasteiger partial charge in [-0.3, -0.25) is 4.79 Å². The fraction of sp³-hybridized carbons (Fsp3) is 0.417. The summed E-state index contributed by atoms with van der Waals surface area (Å²) in [4.78, 5) is 29.3. The Morgan fingerprint density at radius 1 is 1.27 bits per heavy atom. The topological polar surface area (TPSA) is 116 Å². The van der Waals surface area contributed by atoms with Gasteiger partial charge in [0.2, 0.25) is 5.91 Å². The monoisotopic (exact) mass is 456 g/mol. The SMILES string of the molecule is CC(=O)N1CCC(COc2cc(C(=O)O)nc(Nc3ccc(F)cc3)c2C(=N)C(C)C)CC1. The van der Waals surface area contributed by atoms with Crippen molar-refractivity contribution in [1.29, 1.82) is 5.41 Å². The first-order valence-electron chi connectivity index (χ1n) is 10.9. The number of hydrogen-bond donors (Lipinski definition) is 3. The third-order valence-corrected chi connectivity index (χ3v) is 5.69. The highest BCUT2D eigenvalue weighted by Gasteiger charge is 2.25. The highest BCUT2D eigenvalue weighted by atomic mass is 19.1. The van der Waals surface area contributed by atoms with Gasteiger partial charge in [-0.05, 0) is 48.9 Å². The molecule has 0 spiro atoms. The molecule has 2 heterocycles. The van der Waals surface area contributed by atoms with Crippen molar-refractivity contribution in [2.45, 2.75) is 33.6 Å². The number of anilines is 2. The number of aromatic carboxylic acids is 1.